The van der Waals surface area contributed by atoms with E-state index in [1.165, 1.54) is 11.3 Å². The van der Waals surface area contributed by atoms with Gasteiger partial charge in [-0.15, -0.1) is 11.3 Å². The predicted molar refractivity (Wildman–Crippen MR) is 111 cm³/mol. The molecule has 0 aliphatic carbocycles. The number of pyridine rings is 2. The van der Waals surface area contributed by atoms with E-state index in [-0.39, 0.29) is 17.6 Å². The molecule has 3 heterocycles. The molecule has 0 saturated heterocycles. The van der Waals surface area contributed by atoms with Crippen molar-refractivity contribution < 1.29 is 9.53 Å². The Labute approximate surface area is 167 Å². The van der Waals surface area contributed by atoms with E-state index in [4.69, 9.17) is 4.74 Å². The Balaban J connectivity index is 2.05. The number of hydrogen-bond acceptors (Lipinski definition) is 6. The molecule has 28 heavy (non-hydrogen) atoms. The van der Waals surface area contributed by atoms with Crippen molar-refractivity contribution in [1.29, 1.82) is 0 Å². The smallest absolute Gasteiger partial charge is 0.340 e. The van der Waals surface area contributed by atoms with Gasteiger partial charge >= 0.3 is 5.97 Å². The van der Waals surface area contributed by atoms with E-state index in [2.05, 4.69) is 15.0 Å². The summed E-state index contributed by atoms with van der Waals surface area (Å²) in [6, 6.07) is 5.33. The number of hydrogen-bond donors (Lipinski definition) is 1. The summed E-state index contributed by atoms with van der Waals surface area (Å²) in [6.45, 7) is 7.65. The summed E-state index contributed by atoms with van der Waals surface area (Å²) in [5.74, 6) is -0.454. The molecule has 0 aliphatic heterocycles. The monoisotopic (exact) mass is 397 g/mol. The van der Waals surface area contributed by atoms with Crippen LogP contribution < -0.4 is 5.56 Å². The fourth-order valence-electron chi connectivity index (χ4n) is 2.71. The van der Waals surface area contributed by atoms with E-state index in [9.17, 15) is 9.59 Å². The maximum Gasteiger partial charge on any atom is 0.340 e. The molecule has 1 N–H and O–H groups in total. The molecule has 0 fully saturated rings. The van der Waals surface area contributed by atoms with E-state index < -0.39 is 5.97 Å². The molecule has 0 radical (unpaired) electrons. The lowest BCUT2D eigenvalue weighted by atomic mass is 10.0. The summed E-state index contributed by atoms with van der Waals surface area (Å²) >= 11 is 1.44. The van der Waals surface area contributed by atoms with Crippen LogP contribution in [0.25, 0.3) is 21.8 Å². The van der Waals surface area contributed by atoms with Gasteiger partial charge in [0.05, 0.1) is 22.9 Å². The second kappa shape index (κ2) is 8.48. The predicted octanol–water partition coefficient (Wildman–Crippen LogP) is 4.64. The van der Waals surface area contributed by atoms with Gasteiger partial charge in [0.1, 0.15) is 5.01 Å². The number of esters is 1. The van der Waals surface area contributed by atoms with Gasteiger partial charge in [0, 0.05) is 29.0 Å². The van der Waals surface area contributed by atoms with Crippen LogP contribution in [0.1, 0.15) is 56.1 Å². The molecule has 0 bridgehead atoms. The third-order valence-electron chi connectivity index (χ3n) is 4.46. The minimum Gasteiger partial charge on any atom is -0.459 e. The molecule has 0 saturated carbocycles. The van der Waals surface area contributed by atoms with Crippen molar-refractivity contribution in [3.8, 4) is 21.8 Å². The normalized spacial score (nSPS) is 12.2. The number of aromatic nitrogens is 3. The zero-order chi connectivity index (χ0) is 20.3. The number of rotatable bonds is 6. The lowest BCUT2D eigenvalue weighted by Crippen LogP contribution is -2.21. The molecule has 3 aromatic rings. The maximum absolute atomic E-state index is 12.7. The highest BCUT2D eigenvalue weighted by Crippen LogP contribution is 2.28. The number of nitrogens with zero attached hydrogens (tertiary/aromatic N) is 2. The number of ether oxygens (including phenoxy) is 1. The molecule has 7 heteroatoms. The van der Waals surface area contributed by atoms with Gasteiger partial charge in [-0.05, 0) is 37.5 Å². The zero-order valence-corrected chi connectivity index (χ0v) is 17.2. The molecule has 0 aromatic carbocycles. The fraction of sp³-hybridized carbons (Fsp3) is 0.333. The van der Waals surface area contributed by atoms with E-state index >= 15 is 0 Å². The topological polar surface area (TPSA) is 84.9 Å². The van der Waals surface area contributed by atoms with Crippen molar-refractivity contribution in [3.63, 3.8) is 0 Å². The van der Waals surface area contributed by atoms with Crippen molar-refractivity contribution in [1.82, 2.24) is 15.0 Å². The molecule has 3 rings (SSSR count). The van der Waals surface area contributed by atoms with Crippen molar-refractivity contribution in [2.45, 2.75) is 46.1 Å². The lowest BCUT2D eigenvalue weighted by Gasteiger charge is -2.16. The van der Waals surface area contributed by atoms with Crippen LogP contribution in [-0.4, -0.2) is 27.0 Å². The van der Waals surface area contributed by atoms with Crippen molar-refractivity contribution in [2.75, 3.05) is 0 Å². The van der Waals surface area contributed by atoms with Crippen molar-refractivity contribution in [3.05, 3.63) is 57.6 Å². The zero-order valence-electron chi connectivity index (χ0n) is 16.4. The van der Waals surface area contributed by atoms with Gasteiger partial charge in [0.2, 0.25) is 0 Å². The first kappa shape index (κ1) is 19.9. The second-order valence-electron chi connectivity index (χ2n) is 6.89. The van der Waals surface area contributed by atoms with Crippen molar-refractivity contribution in [2.24, 2.45) is 0 Å². The van der Waals surface area contributed by atoms with E-state index in [1.54, 1.807) is 18.5 Å². The Morgan fingerprint density at radius 1 is 1.25 bits per heavy atom. The summed E-state index contributed by atoms with van der Waals surface area (Å²) in [4.78, 5) is 36.8. The third-order valence-corrected chi connectivity index (χ3v) is 5.35. The van der Waals surface area contributed by atoms with Gasteiger partial charge in [0.15, 0.2) is 0 Å². The number of nitrogens with one attached hydrogen (secondary N) is 1. The highest BCUT2D eigenvalue weighted by Gasteiger charge is 2.21. The molecule has 0 amide bonds. The summed E-state index contributed by atoms with van der Waals surface area (Å²) in [6.07, 6.45) is 3.92. The number of carbonyl (C=O) groups excluding carboxylic acids is 1. The Bertz CT molecular complexity index is 1020. The van der Waals surface area contributed by atoms with Gasteiger partial charge < -0.3 is 9.72 Å². The largest absolute Gasteiger partial charge is 0.459 e. The van der Waals surface area contributed by atoms with Gasteiger partial charge in [-0.3, -0.25) is 9.78 Å². The highest BCUT2D eigenvalue weighted by atomic mass is 32.1. The summed E-state index contributed by atoms with van der Waals surface area (Å²) in [5.41, 5.74) is 2.51. The fourth-order valence-corrected chi connectivity index (χ4v) is 3.54. The van der Waals surface area contributed by atoms with Crippen LogP contribution in [0.4, 0.5) is 0 Å². The van der Waals surface area contributed by atoms with E-state index in [0.29, 0.717) is 22.5 Å². The molecule has 146 valence electrons. The van der Waals surface area contributed by atoms with E-state index in [1.807, 2.05) is 45.2 Å². The van der Waals surface area contributed by atoms with Gasteiger partial charge in [-0.1, -0.05) is 20.8 Å². The molecular formula is C21H23N3O3S. The van der Waals surface area contributed by atoms with Crippen LogP contribution >= 0.6 is 11.3 Å². The lowest BCUT2D eigenvalue weighted by molar-refractivity contribution is 0.0332. The van der Waals surface area contributed by atoms with Crippen LogP contribution in [0.3, 0.4) is 0 Å². The van der Waals surface area contributed by atoms with E-state index in [0.717, 1.165) is 17.0 Å². The van der Waals surface area contributed by atoms with Crippen LogP contribution in [0.5, 0.6) is 0 Å². The first-order valence-electron chi connectivity index (χ1n) is 9.25. The first-order chi connectivity index (χ1) is 13.4. The minimum atomic E-state index is -0.430. The summed E-state index contributed by atoms with van der Waals surface area (Å²) in [5, 5.41) is 2.60. The molecule has 1 atom stereocenters. The number of H-pyrrole nitrogens is 1. The quantitative estimate of drug-likeness (QED) is 0.613. The Morgan fingerprint density at radius 3 is 2.61 bits per heavy atom. The van der Waals surface area contributed by atoms with Crippen LogP contribution in [-0.2, 0) is 4.74 Å². The highest BCUT2D eigenvalue weighted by molar-refractivity contribution is 7.13. The minimum absolute atomic E-state index is 0.0240. The molecule has 6 nitrogen and oxygen atoms in total. The average molecular weight is 398 g/mol. The summed E-state index contributed by atoms with van der Waals surface area (Å²) in [7, 11) is 0. The van der Waals surface area contributed by atoms with Crippen LogP contribution in [0.2, 0.25) is 0 Å². The van der Waals surface area contributed by atoms with Crippen LogP contribution in [0.15, 0.2) is 40.8 Å². The Kier molecular flexibility index (Phi) is 6.04. The Morgan fingerprint density at radius 2 is 1.96 bits per heavy atom. The molecule has 3 aromatic heterocycles. The first-order valence-corrected chi connectivity index (χ1v) is 10.1. The SMILES string of the molecule is CCC(C)OC(=O)c1cc(-c2csc(-c3ccncc3)n2)c(=O)[nH]c1C(C)C. The molecule has 0 aliphatic rings. The maximum atomic E-state index is 12.7. The number of thiazole rings is 1. The number of aromatic amines is 1. The molecule has 0 spiro atoms. The van der Waals surface area contributed by atoms with Crippen LogP contribution in [0, 0.1) is 0 Å². The molecular weight excluding hydrogens is 374 g/mol. The molecule has 1 unspecified atom stereocenters. The standard InChI is InChI=1S/C21H23N3O3S/c1-5-13(4)27-21(26)16-10-15(19(25)24-18(16)12(2)3)17-11-28-20(23-17)14-6-8-22-9-7-14/h6-13H,5H2,1-4H3,(H,24,25). The van der Waals surface area contributed by atoms with Gasteiger partial charge in [-0.25, -0.2) is 9.78 Å². The average Bonchev–Trinajstić information content (AvgIpc) is 3.18. The Hall–Kier alpha value is -2.80. The van der Waals surface area contributed by atoms with Gasteiger partial charge in [-0.2, -0.15) is 0 Å². The van der Waals surface area contributed by atoms with Crippen molar-refractivity contribution >= 4 is 17.3 Å². The number of carbonyl (C=O) groups is 1. The summed E-state index contributed by atoms with van der Waals surface area (Å²) < 4.78 is 5.50. The third kappa shape index (κ3) is 4.20. The second-order valence-corrected chi connectivity index (χ2v) is 7.75. The van der Waals surface area contributed by atoms with Gasteiger partial charge in [0.25, 0.3) is 5.56 Å².